The van der Waals surface area contributed by atoms with Gasteiger partial charge in [0.25, 0.3) is 5.01 Å². The molecule has 0 fully saturated rings. The molecule has 196 valence electrons. The number of rotatable bonds is 11. The highest BCUT2D eigenvalue weighted by atomic mass is 32.2. The number of aryl methyl sites for hydroxylation is 1. The lowest BCUT2D eigenvalue weighted by Crippen LogP contribution is -2.36. The highest BCUT2D eigenvalue weighted by Crippen LogP contribution is 2.45. The van der Waals surface area contributed by atoms with Crippen molar-refractivity contribution in [3.8, 4) is 0 Å². The fraction of sp³-hybridized carbons (Fsp3) is 0.387. The van der Waals surface area contributed by atoms with E-state index in [0.29, 0.717) is 0 Å². The van der Waals surface area contributed by atoms with Gasteiger partial charge in [0.15, 0.2) is 0 Å². The van der Waals surface area contributed by atoms with Gasteiger partial charge in [-0.2, -0.15) is 4.57 Å². The molecule has 3 aromatic rings. The Labute approximate surface area is 234 Å². The van der Waals surface area contributed by atoms with Crippen LogP contribution in [0.25, 0.3) is 16.3 Å². The van der Waals surface area contributed by atoms with Gasteiger partial charge in [0, 0.05) is 46.2 Å². The van der Waals surface area contributed by atoms with Crippen LogP contribution < -0.4 is 9.47 Å². The van der Waals surface area contributed by atoms with Crippen molar-refractivity contribution < 1.29 is 4.57 Å². The molecular formula is C31H43N2S2Si2+. The first-order valence-corrected chi connectivity index (χ1v) is 22.7. The van der Waals surface area contributed by atoms with Gasteiger partial charge in [-0.1, -0.05) is 117 Å². The Hall–Kier alpha value is -1.87. The van der Waals surface area contributed by atoms with E-state index in [9.17, 15) is 0 Å². The molecule has 1 aliphatic heterocycles. The third-order valence-corrected chi connectivity index (χ3v) is 12.6. The summed E-state index contributed by atoms with van der Waals surface area (Å²) in [6.45, 7) is 17.0. The summed E-state index contributed by atoms with van der Waals surface area (Å²) >= 11 is 3.79. The third kappa shape index (κ3) is 8.06. The van der Waals surface area contributed by atoms with Crippen molar-refractivity contribution in [2.24, 2.45) is 0 Å². The van der Waals surface area contributed by atoms with Gasteiger partial charge in [0.05, 0.1) is 10.7 Å². The van der Waals surface area contributed by atoms with Gasteiger partial charge in [-0.15, -0.1) is 0 Å². The van der Waals surface area contributed by atoms with E-state index in [0.717, 1.165) is 13.1 Å². The van der Waals surface area contributed by atoms with Gasteiger partial charge in [0.1, 0.15) is 11.2 Å². The number of thiazole rings is 1. The first-order chi connectivity index (χ1) is 17.6. The maximum absolute atomic E-state index is 2.52. The van der Waals surface area contributed by atoms with Crippen LogP contribution in [-0.4, -0.2) is 22.7 Å². The summed E-state index contributed by atoms with van der Waals surface area (Å²) in [6, 6.07) is 20.4. The molecule has 2 heterocycles. The number of hydrogen-bond donors (Lipinski definition) is 0. The van der Waals surface area contributed by atoms with Gasteiger partial charge < -0.3 is 4.90 Å². The number of fused-ring (bicyclic) bond motifs is 2. The zero-order valence-electron chi connectivity index (χ0n) is 23.5. The minimum atomic E-state index is -1.02. The molecule has 0 atom stereocenters. The lowest BCUT2D eigenvalue weighted by atomic mass is 10.3. The molecule has 0 spiro atoms. The molecule has 0 N–H and O–H groups in total. The zero-order valence-corrected chi connectivity index (χ0v) is 27.1. The normalized spacial score (nSPS) is 15.6. The number of thioether (sulfide) groups is 1. The quantitative estimate of drug-likeness (QED) is 0.130. The van der Waals surface area contributed by atoms with Crippen molar-refractivity contribution in [1.29, 1.82) is 0 Å². The van der Waals surface area contributed by atoms with Crippen LogP contribution in [0.3, 0.4) is 0 Å². The molecule has 1 aromatic heterocycles. The van der Waals surface area contributed by atoms with E-state index < -0.39 is 16.1 Å². The third-order valence-electron chi connectivity index (χ3n) is 6.59. The summed E-state index contributed by atoms with van der Waals surface area (Å²) in [4.78, 5) is 3.89. The predicted molar refractivity (Wildman–Crippen MR) is 173 cm³/mol. The van der Waals surface area contributed by atoms with Crippen molar-refractivity contribution in [3.63, 3.8) is 0 Å². The average molecular weight is 564 g/mol. The Bertz CT molecular complexity index is 1290. The van der Waals surface area contributed by atoms with E-state index in [1.807, 2.05) is 23.1 Å². The number of benzene rings is 2. The molecule has 4 rings (SSSR count). The zero-order chi connectivity index (χ0) is 26.5. The topological polar surface area (TPSA) is 7.12 Å². The van der Waals surface area contributed by atoms with Crippen LogP contribution in [0.2, 0.25) is 51.4 Å². The summed E-state index contributed by atoms with van der Waals surface area (Å²) in [5.74, 6) is 0. The van der Waals surface area contributed by atoms with E-state index >= 15 is 0 Å². The van der Waals surface area contributed by atoms with Gasteiger partial charge >= 0.3 is 0 Å². The number of aromatic nitrogens is 1. The van der Waals surface area contributed by atoms with Crippen LogP contribution in [-0.2, 0) is 6.54 Å². The Morgan fingerprint density at radius 2 is 1.51 bits per heavy atom. The fourth-order valence-corrected chi connectivity index (χ4v) is 9.33. The molecule has 6 heteroatoms. The molecule has 0 bridgehead atoms. The summed E-state index contributed by atoms with van der Waals surface area (Å²) in [6.07, 6.45) is 13.7. The minimum absolute atomic E-state index is 1.02. The second-order valence-electron chi connectivity index (χ2n) is 12.4. The lowest BCUT2D eigenvalue weighted by Gasteiger charge is -2.22. The molecule has 37 heavy (non-hydrogen) atoms. The van der Waals surface area contributed by atoms with Crippen LogP contribution in [0, 0.1) is 0 Å². The molecule has 0 saturated carbocycles. The monoisotopic (exact) mass is 563 g/mol. The van der Waals surface area contributed by atoms with Gasteiger partial charge in [-0.25, -0.2) is 0 Å². The SMILES string of the molecule is C[Si](C)(C)CCCN1C(=CC=CC=Cc2sc3ccccc3[n+]2CCC[Si](C)(C)C)Sc2ccccc21. The van der Waals surface area contributed by atoms with Crippen molar-refractivity contribution >= 4 is 61.2 Å². The fourth-order valence-electron chi connectivity index (χ4n) is 4.69. The van der Waals surface area contributed by atoms with Crippen LogP contribution in [0.15, 0.2) is 82.8 Å². The summed E-state index contributed by atoms with van der Waals surface area (Å²) in [5, 5.41) is 2.68. The lowest BCUT2D eigenvalue weighted by molar-refractivity contribution is -0.668. The van der Waals surface area contributed by atoms with Crippen LogP contribution in [0.4, 0.5) is 5.69 Å². The first kappa shape index (κ1) is 28.1. The number of para-hydroxylation sites is 2. The van der Waals surface area contributed by atoms with E-state index in [4.69, 9.17) is 0 Å². The minimum Gasteiger partial charge on any atom is -0.335 e. The second-order valence-corrected chi connectivity index (χ2v) is 25.7. The molecule has 0 amide bonds. The van der Waals surface area contributed by atoms with E-state index in [-0.39, 0.29) is 0 Å². The highest BCUT2D eigenvalue weighted by molar-refractivity contribution is 8.03. The van der Waals surface area contributed by atoms with E-state index in [2.05, 4.69) is 128 Å². The van der Waals surface area contributed by atoms with Crippen molar-refractivity contribution in [1.82, 2.24) is 0 Å². The number of anilines is 1. The maximum Gasteiger partial charge on any atom is 0.262 e. The second kappa shape index (κ2) is 12.3. The molecule has 2 nitrogen and oxygen atoms in total. The van der Waals surface area contributed by atoms with Gasteiger partial charge in [0.2, 0.25) is 5.52 Å². The first-order valence-electron chi connectivity index (χ1n) is 13.6. The maximum atomic E-state index is 2.52. The highest BCUT2D eigenvalue weighted by Gasteiger charge is 2.25. The van der Waals surface area contributed by atoms with Gasteiger partial charge in [-0.05, 0) is 30.7 Å². The molecule has 2 aromatic carbocycles. The molecule has 0 saturated heterocycles. The molecule has 0 aliphatic carbocycles. The summed E-state index contributed by atoms with van der Waals surface area (Å²) in [7, 11) is -2.04. The number of hydrogen-bond acceptors (Lipinski definition) is 3. The molecule has 0 unspecified atom stereocenters. The van der Waals surface area contributed by atoms with Crippen molar-refractivity contribution in [2.75, 3.05) is 11.4 Å². The van der Waals surface area contributed by atoms with Crippen molar-refractivity contribution in [2.45, 2.75) is 75.7 Å². The van der Waals surface area contributed by atoms with E-state index in [1.165, 1.54) is 55.8 Å². The average Bonchev–Trinajstić information content (AvgIpc) is 3.35. The smallest absolute Gasteiger partial charge is 0.262 e. The Kier molecular flexibility index (Phi) is 9.38. The molecular weight excluding hydrogens is 521 g/mol. The van der Waals surface area contributed by atoms with Crippen molar-refractivity contribution in [3.05, 3.63) is 82.9 Å². The number of nitrogens with zero attached hydrogens (tertiary/aromatic N) is 2. The predicted octanol–water partition coefficient (Wildman–Crippen LogP) is 9.67. The Morgan fingerprint density at radius 3 is 2.30 bits per heavy atom. The standard InChI is InChI=1S/C31H43N2S2Si2/c1-36(2,3)24-14-22-32-26-16-10-12-18-28(26)34-30(32)20-8-7-9-21-31-33(23-15-25-37(4,5)6)27-17-11-13-19-29(27)35-31/h7-13,16-21H,14-15,22-25H2,1-6H3/q+1. The van der Waals surface area contributed by atoms with Crippen LogP contribution in [0.1, 0.15) is 17.8 Å². The largest absolute Gasteiger partial charge is 0.335 e. The Balaban J connectivity index is 1.47. The molecule has 1 aliphatic rings. The van der Waals surface area contributed by atoms with Gasteiger partial charge in [-0.3, -0.25) is 0 Å². The summed E-state index contributed by atoms with van der Waals surface area (Å²) < 4.78 is 3.89. The van der Waals surface area contributed by atoms with Crippen LogP contribution >= 0.6 is 23.1 Å². The van der Waals surface area contributed by atoms with E-state index in [1.54, 1.807) is 0 Å². The molecule has 0 radical (unpaired) electrons. The summed E-state index contributed by atoms with van der Waals surface area (Å²) in [5.41, 5.74) is 2.73. The van der Waals surface area contributed by atoms with Crippen LogP contribution in [0.5, 0.6) is 0 Å². The number of allylic oxidation sites excluding steroid dienone is 4. The Morgan fingerprint density at radius 1 is 0.811 bits per heavy atom.